The Hall–Kier alpha value is -2.82. The van der Waals surface area contributed by atoms with Crippen molar-refractivity contribution in [2.24, 2.45) is 0 Å². The molecule has 0 aliphatic rings. The second kappa shape index (κ2) is 5.89. The van der Waals surface area contributed by atoms with E-state index in [1.165, 1.54) is 6.92 Å². The number of hydrogen-bond acceptors (Lipinski definition) is 4. The Labute approximate surface area is 128 Å². The summed E-state index contributed by atoms with van der Waals surface area (Å²) >= 11 is 0. The molecule has 0 atom stereocenters. The number of esters is 1. The normalized spacial score (nSPS) is 10.6. The zero-order valence-electron chi connectivity index (χ0n) is 12.4. The lowest BCUT2D eigenvalue weighted by molar-refractivity contribution is -0.131. The Morgan fingerprint density at radius 1 is 1.18 bits per heavy atom. The Morgan fingerprint density at radius 2 is 1.95 bits per heavy atom. The van der Waals surface area contributed by atoms with Crippen molar-refractivity contribution >= 4 is 16.9 Å². The van der Waals surface area contributed by atoms with Crippen molar-refractivity contribution in [2.75, 3.05) is 7.11 Å². The molecule has 0 radical (unpaired) electrons. The van der Waals surface area contributed by atoms with E-state index in [9.17, 15) is 4.79 Å². The molecule has 0 saturated carbocycles. The molecule has 0 unspecified atom stereocenters. The number of ether oxygens (including phenoxy) is 2. The molecule has 1 heterocycles. The van der Waals surface area contributed by atoms with E-state index in [1.54, 1.807) is 19.4 Å². The molecule has 3 aromatic rings. The van der Waals surface area contributed by atoms with E-state index in [0.717, 1.165) is 22.2 Å². The first-order chi connectivity index (χ1) is 10.7. The number of methoxy groups -OCH3 is 1. The summed E-state index contributed by atoms with van der Waals surface area (Å²) < 4.78 is 12.2. The van der Waals surface area contributed by atoms with Crippen LogP contribution in [0.2, 0.25) is 0 Å². The fourth-order valence-corrected chi connectivity index (χ4v) is 2.35. The van der Waals surface area contributed by atoms with Crippen molar-refractivity contribution in [1.82, 2.24) is 9.78 Å². The van der Waals surface area contributed by atoms with Crippen molar-refractivity contribution in [3.05, 3.63) is 54.2 Å². The fourth-order valence-electron chi connectivity index (χ4n) is 2.35. The number of carbonyl (C=O) groups excluding carboxylic acids is 1. The van der Waals surface area contributed by atoms with Crippen LogP contribution in [0.4, 0.5) is 0 Å². The third kappa shape index (κ3) is 2.79. The van der Waals surface area contributed by atoms with Gasteiger partial charge >= 0.3 is 5.97 Å². The minimum absolute atomic E-state index is 0.338. The predicted molar refractivity (Wildman–Crippen MR) is 83.1 cm³/mol. The van der Waals surface area contributed by atoms with Gasteiger partial charge in [-0.1, -0.05) is 18.2 Å². The monoisotopic (exact) mass is 296 g/mol. The van der Waals surface area contributed by atoms with Gasteiger partial charge in [0.1, 0.15) is 11.5 Å². The van der Waals surface area contributed by atoms with Gasteiger partial charge in [0.25, 0.3) is 0 Å². The highest BCUT2D eigenvalue weighted by Gasteiger charge is 2.09. The zero-order chi connectivity index (χ0) is 15.5. The molecule has 0 aliphatic heterocycles. The predicted octanol–water partition coefficient (Wildman–Crippen LogP) is 3.02. The Morgan fingerprint density at radius 3 is 2.64 bits per heavy atom. The van der Waals surface area contributed by atoms with Gasteiger partial charge in [0.2, 0.25) is 0 Å². The maximum Gasteiger partial charge on any atom is 0.308 e. The third-order valence-corrected chi connectivity index (χ3v) is 3.39. The first-order valence-corrected chi connectivity index (χ1v) is 6.93. The molecule has 0 N–H and O–H groups in total. The Kier molecular flexibility index (Phi) is 3.78. The van der Waals surface area contributed by atoms with E-state index in [2.05, 4.69) is 5.10 Å². The molecule has 5 nitrogen and oxygen atoms in total. The van der Waals surface area contributed by atoms with Crippen LogP contribution in [0.25, 0.3) is 10.9 Å². The van der Waals surface area contributed by atoms with Gasteiger partial charge in [0, 0.05) is 6.92 Å². The number of carbonyl (C=O) groups is 1. The summed E-state index contributed by atoms with van der Waals surface area (Å²) in [6.45, 7) is 2.03. The number of nitrogens with zero attached hydrogens (tertiary/aromatic N) is 2. The molecule has 0 spiro atoms. The van der Waals surface area contributed by atoms with Crippen LogP contribution in [0.1, 0.15) is 12.5 Å². The van der Waals surface area contributed by atoms with E-state index < -0.39 is 0 Å². The molecule has 0 aliphatic carbocycles. The number of benzene rings is 2. The quantitative estimate of drug-likeness (QED) is 0.548. The van der Waals surface area contributed by atoms with Crippen LogP contribution in [0.5, 0.6) is 11.5 Å². The topological polar surface area (TPSA) is 53.4 Å². The summed E-state index contributed by atoms with van der Waals surface area (Å²) in [6, 6.07) is 13.4. The van der Waals surface area contributed by atoms with Crippen LogP contribution >= 0.6 is 0 Å². The molecule has 5 heteroatoms. The van der Waals surface area contributed by atoms with E-state index in [1.807, 2.05) is 41.1 Å². The average molecular weight is 296 g/mol. The number of aromatic nitrogens is 2. The molecule has 2 aromatic carbocycles. The van der Waals surface area contributed by atoms with Crippen molar-refractivity contribution < 1.29 is 14.3 Å². The number of hydrogen-bond donors (Lipinski definition) is 0. The van der Waals surface area contributed by atoms with Gasteiger partial charge in [0.15, 0.2) is 0 Å². The van der Waals surface area contributed by atoms with E-state index >= 15 is 0 Å². The Balaban J connectivity index is 1.92. The van der Waals surface area contributed by atoms with Gasteiger partial charge in [-0.25, -0.2) is 0 Å². The van der Waals surface area contributed by atoms with Crippen LogP contribution in [0.3, 0.4) is 0 Å². The van der Waals surface area contributed by atoms with Crippen molar-refractivity contribution in [3.8, 4) is 11.5 Å². The van der Waals surface area contributed by atoms with Crippen LogP contribution in [0.15, 0.2) is 48.7 Å². The maximum absolute atomic E-state index is 11.2. The highest BCUT2D eigenvalue weighted by Crippen LogP contribution is 2.26. The largest absolute Gasteiger partial charge is 0.497 e. The third-order valence-electron chi connectivity index (χ3n) is 3.39. The first kappa shape index (κ1) is 14.1. The van der Waals surface area contributed by atoms with Gasteiger partial charge < -0.3 is 9.47 Å². The second-order valence-electron chi connectivity index (χ2n) is 4.93. The highest BCUT2D eigenvalue weighted by molar-refractivity contribution is 5.87. The van der Waals surface area contributed by atoms with Crippen LogP contribution in [0, 0.1) is 0 Å². The standard InChI is InChI=1S/C17H16N2O3/c1-12(20)22-17-5-3-4-16-15(17)10-18-19(16)11-13-6-8-14(21-2)9-7-13/h3-10H,11H2,1-2H3. The highest BCUT2D eigenvalue weighted by atomic mass is 16.5. The molecule has 112 valence electrons. The van der Waals surface area contributed by atoms with Crippen LogP contribution in [-0.2, 0) is 11.3 Å². The van der Waals surface area contributed by atoms with Gasteiger partial charge in [0.05, 0.1) is 30.8 Å². The number of fused-ring (bicyclic) bond motifs is 1. The summed E-state index contributed by atoms with van der Waals surface area (Å²) in [7, 11) is 1.65. The molecule has 0 saturated heterocycles. The minimum Gasteiger partial charge on any atom is -0.497 e. The zero-order valence-corrected chi connectivity index (χ0v) is 12.4. The SMILES string of the molecule is COc1ccc(Cn2ncc3c(OC(C)=O)cccc32)cc1. The first-order valence-electron chi connectivity index (χ1n) is 6.93. The lowest BCUT2D eigenvalue weighted by atomic mass is 10.2. The maximum atomic E-state index is 11.2. The van der Waals surface area contributed by atoms with Gasteiger partial charge in [-0.15, -0.1) is 0 Å². The molecule has 3 rings (SSSR count). The fraction of sp³-hybridized carbons (Fsp3) is 0.176. The molecule has 0 bridgehead atoms. The molecule has 0 fully saturated rings. The van der Waals surface area contributed by atoms with Crippen LogP contribution < -0.4 is 9.47 Å². The smallest absolute Gasteiger partial charge is 0.308 e. The lowest BCUT2D eigenvalue weighted by Crippen LogP contribution is -2.03. The summed E-state index contributed by atoms with van der Waals surface area (Å²) in [4.78, 5) is 11.2. The number of rotatable bonds is 4. The van der Waals surface area contributed by atoms with Crippen molar-refractivity contribution in [3.63, 3.8) is 0 Å². The second-order valence-corrected chi connectivity index (χ2v) is 4.93. The average Bonchev–Trinajstić information content (AvgIpc) is 2.92. The van der Waals surface area contributed by atoms with Gasteiger partial charge in [-0.2, -0.15) is 5.10 Å². The summed E-state index contributed by atoms with van der Waals surface area (Å²) in [5, 5.41) is 5.22. The van der Waals surface area contributed by atoms with Crippen molar-refractivity contribution in [2.45, 2.75) is 13.5 Å². The van der Waals surface area contributed by atoms with Crippen LogP contribution in [-0.4, -0.2) is 22.9 Å². The van der Waals surface area contributed by atoms with Gasteiger partial charge in [-0.05, 0) is 29.8 Å². The minimum atomic E-state index is -0.338. The molecular formula is C17H16N2O3. The summed E-state index contributed by atoms with van der Waals surface area (Å²) in [5.74, 6) is 1.02. The molecule has 22 heavy (non-hydrogen) atoms. The summed E-state index contributed by atoms with van der Waals surface area (Å²) in [6.07, 6.45) is 1.72. The molecule has 0 amide bonds. The Bertz CT molecular complexity index is 806. The van der Waals surface area contributed by atoms with E-state index in [0.29, 0.717) is 12.3 Å². The van der Waals surface area contributed by atoms with Gasteiger partial charge in [-0.3, -0.25) is 9.48 Å². The van der Waals surface area contributed by atoms with Crippen molar-refractivity contribution in [1.29, 1.82) is 0 Å². The summed E-state index contributed by atoms with van der Waals surface area (Å²) in [5.41, 5.74) is 2.04. The van der Waals surface area contributed by atoms with E-state index in [4.69, 9.17) is 9.47 Å². The van der Waals surface area contributed by atoms with E-state index in [-0.39, 0.29) is 5.97 Å². The molecule has 1 aromatic heterocycles. The lowest BCUT2D eigenvalue weighted by Gasteiger charge is -2.06. The molecular weight excluding hydrogens is 280 g/mol.